The number of benzene rings is 2. The molecule has 4 rings (SSSR count). The van der Waals surface area contributed by atoms with Gasteiger partial charge in [-0.3, -0.25) is 9.69 Å². The van der Waals surface area contributed by atoms with E-state index in [4.69, 9.17) is 4.74 Å². The van der Waals surface area contributed by atoms with Gasteiger partial charge in [0.1, 0.15) is 11.9 Å². The van der Waals surface area contributed by atoms with Gasteiger partial charge in [-0.15, -0.1) is 0 Å². The number of ether oxygens (including phenoxy) is 1. The maximum absolute atomic E-state index is 11.6. The predicted molar refractivity (Wildman–Crippen MR) is 102 cm³/mol. The Kier molecular flexibility index (Phi) is 4.93. The molecule has 0 N–H and O–H groups in total. The van der Waals surface area contributed by atoms with Crippen LogP contribution in [0.4, 0.5) is 0 Å². The Balaban J connectivity index is 1.57. The fraction of sp³-hybridized carbons (Fsp3) is 0.409. The number of piperidine rings is 1. The average Bonchev–Trinajstić information content (AvgIpc) is 2.88. The van der Waals surface area contributed by atoms with Crippen molar-refractivity contribution in [3.05, 3.63) is 65.7 Å². The summed E-state index contributed by atoms with van der Waals surface area (Å²) in [4.78, 5) is 16.2. The number of hydrogen-bond donors (Lipinski definition) is 0. The zero-order chi connectivity index (χ0) is 17.9. The van der Waals surface area contributed by atoms with Crippen LogP contribution in [0.15, 0.2) is 54.6 Å². The fourth-order valence-electron chi connectivity index (χ4n) is 4.10. The maximum atomic E-state index is 11.6. The Labute approximate surface area is 155 Å². The second-order valence-corrected chi connectivity index (χ2v) is 7.29. The molecule has 1 fully saturated rings. The molecule has 1 atom stereocenters. The number of para-hydroxylation sites is 1. The summed E-state index contributed by atoms with van der Waals surface area (Å²) >= 11 is 0. The summed E-state index contributed by atoms with van der Waals surface area (Å²) in [5.41, 5.74) is 2.47. The summed E-state index contributed by atoms with van der Waals surface area (Å²) in [6.07, 6.45) is 2.10. The van der Waals surface area contributed by atoms with Crippen molar-refractivity contribution in [2.75, 3.05) is 19.6 Å². The molecule has 2 heterocycles. The molecular formula is C22H26N2O2. The minimum Gasteiger partial charge on any atom is -0.484 e. The van der Waals surface area contributed by atoms with Crippen LogP contribution in [0.5, 0.6) is 5.75 Å². The monoisotopic (exact) mass is 350 g/mol. The Morgan fingerprint density at radius 1 is 1.00 bits per heavy atom. The Morgan fingerprint density at radius 3 is 2.42 bits per heavy atom. The molecule has 0 bridgehead atoms. The lowest BCUT2D eigenvalue weighted by Crippen LogP contribution is -2.46. The van der Waals surface area contributed by atoms with Crippen molar-refractivity contribution in [2.45, 2.75) is 38.5 Å². The summed E-state index contributed by atoms with van der Waals surface area (Å²) in [6, 6.07) is 19.4. The molecule has 1 unspecified atom stereocenters. The lowest BCUT2D eigenvalue weighted by Gasteiger charge is -2.38. The maximum Gasteiger partial charge on any atom is 0.219 e. The van der Waals surface area contributed by atoms with Crippen LogP contribution in [0.1, 0.15) is 37.0 Å². The number of rotatable bonds is 2. The van der Waals surface area contributed by atoms with E-state index in [0.717, 1.165) is 44.8 Å². The summed E-state index contributed by atoms with van der Waals surface area (Å²) < 4.78 is 6.42. The Hall–Kier alpha value is -2.33. The van der Waals surface area contributed by atoms with Crippen molar-refractivity contribution in [2.24, 2.45) is 0 Å². The minimum atomic E-state index is 0.0330. The van der Waals surface area contributed by atoms with Gasteiger partial charge in [-0.05, 0) is 24.5 Å². The van der Waals surface area contributed by atoms with Crippen LogP contribution in [0.2, 0.25) is 0 Å². The first-order chi connectivity index (χ1) is 12.7. The molecule has 4 heteroatoms. The molecule has 2 aliphatic rings. The van der Waals surface area contributed by atoms with Crippen molar-refractivity contribution in [1.82, 2.24) is 9.80 Å². The zero-order valence-electron chi connectivity index (χ0n) is 15.3. The van der Waals surface area contributed by atoms with E-state index in [1.807, 2.05) is 17.0 Å². The molecule has 2 aromatic rings. The van der Waals surface area contributed by atoms with Crippen LogP contribution in [0.3, 0.4) is 0 Å². The normalized spacial score (nSPS) is 21.6. The molecule has 0 spiro atoms. The third kappa shape index (κ3) is 3.61. The minimum absolute atomic E-state index is 0.0330. The molecular weight excluding hydrogens is 324 g/mol. The third-order valence-electron chi connectivity index (χ3n) is 5.61. The standard InChI is InChI=1S/C22H26N2O2/c1-17(25)23-13-11-20(12-14-23)24-15-19-9-5-6-10-21(19)26-22(16-24)18-7-3-2-4-8-18/h2-10,20,22H,11-16H2,1H3. The van der Waals surface area contributed by atoms with E-state index < -0.39 is 0 Å². The van der Waals surface area contributed by atoms with Crippen molar-refractivity contribution in [3.8, 4) is 5.75 Å². The smallest absolute Gasteiger partial charge is 0.219 e. The highest BCUT2D eigenvalue weighted by Gasteiger charge is 2.31. The predicted octanol–water partition coefficient (Wildman–Crippen LogP) is 3.63. The molecule has 2 aliphatic heterocycles. The van der Waals surface area contributed by atoms with E-state index in [-0.39, 0.29) is 12.0 Å². The molecule has 1 saturated heterocycles. The van der Waals surface area contributed by atoms with Gasteiger partial charge < -0.3 is 9.64 Å². The molecule has 0 radical (unpaired) electrons. The first kappa shape index (κ1) is 17.1. The van der Waals surface area contributed by atoms with Gasteiger partial charge in [0.15, 0.2) is 0 Å². The molecule has 1 amide bonds. The highest BCUT2D eigenvalue weighted by molar-refractivity contribution is 5.73. The van der Waals surface area contributed by atoms with Crippen molar-refractivity contribution in [1.29, 1.82) is 0 Å². The highest BCUT2D eigenvalue weighted by Crippen LogP contribution is 2.33. The van der Waals surface area contributed by atoms with Crippen molar-refractivity contribution < 1.29 is 9.53 Å². The van der Waals surface area contributed by atoms with Gasteiger partial charge in [0, 0.05) is 44.7 Å². The summed E-state index contributed by atoms with van der Waals surface area (Å²) in [5.74, 6) is 1.18. The quantitative estimate of drug-likeness (QED) is 0.829. The number of likely N-dealkylation sites (tertiary alicyclic amines) is 1. The van der Waals surface area contributed by atoms with Crippen LogP contribution in [0.25, 0.3) is 0 Å². The van der Waals surface area contributed by atoms with Gasteiger partial charge >= 0.3 is 0 Å². The molecule has 0 aromatic heterocycles. The second-order valence-electron chi connectivity index (χ2n) is 7.29. The van der Waals surface area contributed by atoms with Crippen LogP contribution >= 0.6 is 0 Å². The van der Waals surface area contributed by atoms with E-state index in [0.29, 0.717) is 6.04 Å². The Morgan fingerprint density at radius 2 is 1.69 bits per heavy atom. The summed E-state index contributed by atoms with van der Waals surface area (Å²) in [7, 11) is 0. The molecule has 4 nitrogen and oxygen atoms in total. The molecule has 0 saturated carbocycles. The van der Waals surface area contributed by atoms with Gasteiger partial charge in [0.05, 0.1) is 0 Å². The van der Waals surface area contributed by atoms with Gasteiger partial charge in [0.25, 0.3) is 0 Å². The van der Waals surface area contributed by atoms with Crippen LogP contribution in [-0.2, 0) is 11.3 Å². The van der Waals surface area contributed by atoms with E-state index in [1.165, 1.54) is 11.1 Å². The lowest BCUT2D eigenvalue weighted by atomic mass is 10.0. The molecule has 0 aliphatic carbocycles. The van der Waals surface area contributed by atoms with E-state index in [2.05, 4.69) is 47.4 Å². The van der Waals surface area contributed by atoms with Crippen LogP contribution < -0.4 is 4.74 Å². The number of fused-ring (bicyclic) bond motifs is 1. The van der Waals surface area contributed by atoms with E-state index >= 15 is 0 Å². The zero-order valence-corrected chi connectivity index (χ0v) is 15.3. The summed E-state index contributed by atoms with van der Waals surface area (Å²) in [6.45, 7) is 5.17. The van der Waals surface area contributed by atoms with Gasteiger partial charge in [-0.1, -0.05) is 48.5 Å². The van der Waals surface area contributed by atoms with E-state index in [1.54, 1.807) is 6.92 Å². The Bertz CT molecular complexity index is 754. The second kappa shape index (κ2) is 7.50. The summed E-state index contributed by atoms with van der Waals surface area (Å²) in [5, 5.41) is 0. The van der Waals surface area contributed by atoms with Crippen molar-refractivity contribution >= 4 is 5.91 Å². The number of carbonyl (C=O) groups is 1. The van der Waals surface area contributed by atoms with Crippen LogP contribution in [-0.4, -0.2) is 41.4 Å². The number of nitrogens with zero attached hydrogens (tertiary/aromatic N) is 2. The van der Waals surface area contributed by atoms with Gasteiger partial charge in [0.2, 0.25) is 5.91 Å². The highest BCUT2D eigenvalue weighted by atomic mass is 16.5. The van der Waals surface area contributed by atoms with Crippen molar-refractivity contribution in [3.63, 3.8) is 0 Å². The molecule has 2 aromatic carbocycles. The third-order valence-corrected chi connectivity index (χ3v) is 5.61. The first-order valence-electron chi connectivity index (χ1n) is 9.50. The van der Waals surface area contributed by atoms with E-state index in [9.17, 15) is 4.79 Å². The number of amides is 1. The first-order valence-corrected chi connectivity index (χ1v) is 9.50. The lowest BCUT2D eigenvalue weighted by molar-refractivity contribution is -0.130. The van der Waals surface area contributed by atoms with Crippen LogP contribution in [0, 0.1) is 0 Å². The average molecular weight is 350 g/mol. The topological polar surface area (TPSA) is 32.8 Å². The van der Waals surface area contributed by atoms with Gasteiger partial charge in [-0.25, -0.2) is 0 Å². The molecule has 136 valence electrons. The fourth-order valence-corrected chi connectivity index (χ4v) is 4.10. The molecule has 26 heavy (non-hydrogen) atoms. The SMILES string of the molecule is CC(=O)N1CCC(N2Cc3ccccc3OC(c3ccccc3)C2)CC1. The number of hydrogen-bond acceptors (Lipinski definition) is 3. The number of carbonyl (C=O) groups excluding carboxylic acids is 1. The van der Waals surface area contributed by atoms with Gasteiger partial charge in [-0.2, -0.15) is 0 Å². The largest absolute Gasteiger partial charge is 0.484 e.